The molecule has 2 nitrogen and oxygen atoms in total. The van der Waals surface area contributed by atoms with Crippen LogP contribution in [0.4, 0.5) is 4.39 Å². The van der Waals surface area contributed by atoms with Gasteiger partial charge < -0.3 is 9.73 Å². The van der Waals surface area contributed by atoms with E-state index in [1.54, 1.807) is 12.3 Å². The summed E-state index contributed by atoms with van der Waals surface area (Å²) in [6.07, 6.45) is 1.64. The zero-order valence-corrected chi connectivity index (χ0v) is 11.0. The maximum absolute atomic E-state index is 13.4. The van der Waals surface area contributed by atoms with Crippen LogP contribution in [-0.2, 0) is 0 Å². The molecule has 0 bridgehead atoms. The lowest BCUT2D eigenvalue weighted by Crippen LogP contribution is -2.22. The fourth-order valence-electron chi connectivity index (χ4n) is 1.87. The Morgan fingerprint density at radius 3 is 2.61 bits per heavy atom. The summed E-state index contributed by atoms with van der Waals surface area (Å²) in [4.78, 5) is 0. The minimum absolute atomic E-state index is 0.0110. The number of halogens is 2. The molecule has 4 heteroatoms. The van der Waals surface area contributed by atoms with E-state index in [1.807, 2.05) is 32.0 Å². The Balaban J connectivity index is 2.07. The molecule has 1 aromatic carbocycles. The molecule has 0 aliphatic heterocycles. The van der Waals surface area contributed by atoms with Crippen molar-refractivity contribution in [2.45, 2.75) is 25.9 Å². The van der Waals surface area contributed by atoms with Gasteiger partial charge >= 0.3 is 0 Å². The van der Waals surface area contributed by atoms with E-state index in [0.29, 0.717) is 0 Å². The SMILES string of the molecule is CC(N[C@H](C)c1ccco1)c1ccc(Cl)c(F)c1. The first-order valence-corrected chi connectivity index (χ1v) is 6.20. The van der Waals surface area contributed by atoms with Gasteiger partial charge in [0.1, 0.15) is 11.6 Å². The number of hydrogen-bond acceptors (Lipinski definition) is 2. The van der Waals surface area contributed by atoms with Crippen molar-refractivity contribution in [1.29, 1.82) is 0 Å². The van der Waals surface area contributed by atoms with Crippen LogP contribution < -0.4 is 5.32 Å². The van der Waals surface area contributed by atoms with E-state index in [1.165, 1.54) is 6.07 Å². The first-order chi connectivity index (χ1) is 8.58. The zero-order chi connectivity index (χ0) is 13.1. The second-order valence-corrected chi connectivity index (χ2v) is 4.71. The summed E-state index contributed by atoms with van der Waals surface area (Å²) in [7, 11) is 0. The molecular weight excluding hydrogens is 253 g/mol. The smallest absolute Gasteiger partial charge is 0.142 e. The third-order valence-electron chi connectivity index (χ3n) is 2.91. The van der Waals surface area contributed by atoms with Crippen molar-refractivity contribution in [3.8, 4) is 0 Å². The van der Waals surface area contributed by atoms with Gasteiger partial charge in [0.05, 0.1) is 17.3 Å². The van der Waals surface area contributed by atoms with Crippen LogP contribution >= 0.6 is 11.6 Å². The van der Waals surface area contributed by atoms with Crippen LogP contribution in [0.2, 0.25) is 5.02 Å². The van der Waals surface area contributed by atoms with E-state index in [2.05, 4.69) is 5.32 Å². The summed E-state index contributed by atoms with van der Waals surface area (Å²) in [5, 5.41) is 3.49. The molecule has 1 N–H and O–H groups in total. The molecule has 2 atom stereocenters. The molecule has 2 aromatic rings. The Bertz CT molecular complexity index is 513. The molecule has 18 heavy (non-hydrogen) atoms. The van der Waals surface area contributed by atoms with Gasteiger partial charge in [0.2, 0.25) is 0 Å². The Kier molecular flexibility index (Phi) is 4.04. The number of furan rings is 1. The monoisotopic (exact) mass is 267 g/mol. The molecule has 0 amide bonds. The van der Waals surface area contributed by atoms with E-state index >= 15 is 0 Å². The molecule has 96 valence electrons. The van der Waals surface area contributed by atoms with Crippen LogP contribution in [0.25, 0.3) is 0 Å². The summed E-state index contributed by atoms with van der Waals surface area (Å²) >= 11 is 5.66. The number of nitrogens with one attached hydrogen (secondary N) is 1. The van der Waals surface area contributed by atoms with Crippen LogP contribution in [0.5, 0.6) is 0 Å². The first-order valence-electron chi connectivity index (χ1n) is 5.82. The average molecular weight is 268 g/mol. The highest BCUT2D eigenvalue weighted by Crippen LogP contribution is 2.23. The molecule has 0 saturated heterocycles. The minimum Gasteiger partial charge on any atom is -0.468 e. The van der Waals surface area contributed by atoms with E-state index in [9.17, 15) is 4.39 Å². The summed E-state index contributed by atoms with van der Waals surface area (Å²) in [5.41, 5.74) is 0.857. The van der Waals surface area contributed by atoms with Crippen molar-refractivity contribution in [1.82, 2.24) is 5.32 Å². The van der Waals surface area contributed by atoms with Crippen molar-refractivity contribution in [3.05, 3.63) is 58.8 Å². The lowest BCUT2D eigenvalue weighted by Gasteiger charge is -2.19. The Morgan fingerprint density at radius 2 is 2.00 bits per heavy atom. The highest BCUT2D eigenvalue weighted by atomic mass is 35.5. The Hall–Kier alpha value is -1.32. The molecule has 0 fully saturated rings. The van der Waals surface area contributed by atoms with Gasteiger partial charge in [-0.15, -0.1) is 0 Å². The van der Waals surface area contributed by atoms with Gasteiger partial charge in [-0.25, -0.2) is 4.39 Å². The van der Waals surface area contributed by atoms with Crippen molar-refractivity contribution in [2.75, 3.05) is 0 Å². The van der Waals surface area contributed by atoms with Crippen LogP contribution in [0.15, 0.2) is 41.0 Å². The standard InChI is InChI=1S/C14H15ClFNO/c1-9(11-5-6-12(15)13(16)8-11)17-10(2)14-4-3-7-18-14/h3-10,17H,1-2H3/t9?,10-/m1/s1. The minimum atomic E-state index is -0.395. The number of rotatable bonds is 4. The van der Waals surface area contributed by atoms with Crippen LogP contribution in [0.1, 0.15) is 37.3 Å². The first kappa shape index (κ1) is 13.1. The van der Waals surface area contributed by atoms with E-state index in [-0.39, 0.29) is 17.1 Å². The highest BCUT2D eigenvalue weighted by Gasteiger charge is 2.14. The van der Waals surface area contributed by atoms with Crippen molar-refractivity contribution in [3.63, 3.8) is 0 Å². The van der Waals surface area contributed by atoms with E-state index in [0.717, 1.165) is 11.3 Å². The summed E-state index contributed by atoms with van der Waals surface area (Å²) in [6, 6.07) is 8.67. The third-order valence-corrected chi connectivity index (χ3v) is 3.22. The van der Waals surface area contributed by atoms with E-state index in [4.69, 9.17) is 16.0 Å². The number of hydrogen-bond donors (Lipinski definition) is 1. The molecule has 2 rings (SSSR count). The van der Waals surface area contributed by atoms with Gasteiger partial charge in [0.25, 0.3) is 0 Å². The molecule has 1 aromatic heterocycles. The normalized spacial score (nSPS) is 14.4. The summed E-state index contributed by atoms with van der Waals surface area (Å²) < 4.78 is 18.7. The molecule has 0 spiro atoms. The fourth-order valence-corrected chi connectivity index (χ4v) is 1.99. The average Bonchev–Trinajstić information content (AvgIpc) is 2.86. The lowest BCUT2D eigenvalue weighted by molar-refractivity contribution is 0.402. The molecule has 0 saturated carbocycles. The molecule has 1 unspecified atom stereocenters. The molecular formula is C14H15ClFNO. The van der Waals surface area contributed by atoms with Gasteiger partial charge in [0, 0.05) is 6.04 Å². The predicted molar refractivity (Wildman–Crippen MR) is 70.1 cm³/mol. The summed E-state index contributed by atoms with van der Waals surface area (Å²) in [5.74, 6) is 0.463. The number of benzene rings is 1. The van der Waals surface area contributed by atoms with Gasteiger partial charge in [-0.05, 0) is 43.7 Å². The van der Waals surface area contributed by atoms with Gasteiger partial charge in [0.15, 0.2) is 0 Å². The Labute approximate surface area is 111 Å². The predicted octanol–water partition coefficient (Wildman–Crippen LogP) is 4.48. The van der Waals surface area contributed by atoms with Crippen molar-refractivity contribution >= 4 is 11.6 Å². The molecule has 0 aliphatic rings. The second kappa shape index (κ2) is 5.55. The maximum Gasteiger partial charge on any atom is 0.142 e. The van der Waals surface area contributed by atoms with Crippen LogP contribution in [-0.4, -0.2) is 0 Å². The Morgan fingerprint density at radius 1 is 1.22 bits per heavy atom. The topological polar surface area (TPSA) is 25.2 Å². The molecule has 0 radical (unpaired) electrons. The van der Waals surface area contributed by atoms with Crippen LogP contribution in [0, 0.1) is 5.82 Å². The third kappa shape index (κ3) is 2.92. The zero-order valence-electron chi connectivity index (χ0n) is 10.3. The fraction of sp³-hybridized carbons (Fsp3) is 0.286. The van der Waals surface area contributed by atoms with Gasteiger partial charge in [-0.3, -0.25) is 0 Å². The van der Waals surface area contributed by atoms with Gasteiger partial charge in [-0.2, -0.15) is 0 Å². The second-order valence-electron chi connectivity index (χ2n) is 4.30. The quantitative estimate of drug-likeness (QED) is 0.883. The van der Waals surface area contributed by atoms with Crippen molar-refractivity contribution in [2.24, 2.45) is 0 Å². The molecule has 0 aliphatic carbocycles. The van der Waals surface area contributed by atoms with Gasteiger partial charge in [-0.1, -0.05) is 17.7 Å². The maximum atomic E-state index is 13.4. The largest absolute Gasteiger partial charge is 0.468 e. The highest BCUT2D eigenvalue weighted by molar-refractivity contribution is 6.30. The van der Waals surface area contributed by atoms with Crippen molar-refractivity contribution < 1.29 is 8.81 Å². The van der Waals surface area contributed by atoms with E-state index < -0.39 is 5.82 Å². The lowest BCUT2D eigenvalue weighted by atomic mass is 10.1. The molecule has 1 heterocycles. The summed E-state index contributed by atoms with van der Waals surface area (Å²) in [6.45, 7) is 3.98. The van der Waals surface area contributed by atoms with Crippen LogP contribution in [0.3, 0.4) is 0 Å².